The van der Waals surface area contributed by atoms with E-state index >= 15 is 0 Å². The van der Waals surface area contributed by atoms with Gasteiger partial charge < -0.3 is 10.3 Å². The molecule has 21 heavy (non-hydrogen) atoms. The predicted octanol–water partition coefficient (Wildman–Crippen LogP) is 1.42. The Morgan fingerprint density at radius 2 is 2.00 bits per heavy atom. The molecule has 1 aliphatic rings. The van der Waals surface area contributed by atoms with E-state index in [1.807, 2.05) is 12.3 Å². The fourth-order valence-electron chi connectivity index (χ4n) is 2.67. The van der Waals surface area contributed by atoms with E-state index in [0.29, 0.717) is 13.1 Å². The number of anilines is 1. The molecule has 0 spiro atoms. The smallest absolute Gasteiger partial charge is 0.254 e. The van der Waals surface area contributed by atoms with Crippen molar-refractivity contribution >= 4 is 11.6 Å². The molecule has 5 nitrogen and oxygen atoms in total. The zero-order valence-corrected chi connectivity index (χ0v) is 12.2. The van der Waals surface area contributed by atoms with Gasteiger partial charge in [-0.25, -0.2) is 8.78 Å². The molecule has 1 heterocycles. The highest BCUT2D eigenvalue weighted by Crippen LogP contribution is 2.21. The van der Waals surface area contributed by atoms with Crippen molar-refractivity contribution in [1.29, 1.82) is 0 Å². The van der Waals surface area contributed by atoms with E-state index in [4.69, 9.17) is 5.84 Å². The Morgan fingerprint density at radius 1 is 1.38 bits per heavy atom. The Labute approximate surface area is 122 Å². The highest BCUT2D eigenvalue weighted by atomic mass is 19.1. The molecule has 1 atom stereocenters. The number of hydrazine groups is 1. The first kappa shape index (κ1) is 15.7. The van der Waals surface area contributed by atoms with E-state index in [1.54, 1.807) is 4.90 Å². The van der Waals surface area contributed by atoms with Crippen molar-refractivity contribution in [2.75, 3.05) is 31.6 Å². The lowest BCUT2D eigenvalue weighted by molar-refractivity contribution is 0.0527. The molecule has 1 aromatic carbocycles. The van der Waals surface area contributed by atoms with E-state index in [2.05, 4.69) is 11.8 Å². The van der Waals surface area contributed by atoms with Gasteiger partial charge in [0.15, 0.2) is 11.6 Å². The van der Waals surface area contributed by atoms with Crippen LogP contribution in [0.5, 0.6) is 0 Å². The van der Waals surface area contributed by atoms with Gasteiger partial charge >= 0.3 is 0 Å². The van der Waals surface area contributed by atoms with Crippen molar-refractivity contribution in [3.63, 3.8) is 0 Å². The van der Waals surface area contributed by atoms with Crippen LogP contribution in [0.1, 0.15) is 24.2 Å². The second kappa shape index (κ2) is 6.36. The van der Waals surface area contributed by atoms with Gasteiger partial charge in [0.05, 0.1) is 0 Å². The van der Waals surface area contributed by atoms with Crippen molar-refractivity contribution in [3.8, 4) is 0 Å². The van der Waals surface area contributed by atoms with Gasteiger partial charge in [0.1, 0.15) is 5.69 Å². The van der Waals surface area contributed by atoms with Gasteiger partial charge in [-0.3, -0.25) is 15.5 Å². The normalized spacial score (nSPS) is 19.7. The Hall–Kier alpha value is -1.73. The average Bonchev–Trinajstić information content (AvgIpc) is 2.46. The monoisotopic (exact) mass is 298 g/mol. The minimum atomic E-state index is -0.874. The van der Waals surface area contributed by atoms with Crippen molar-refractivity contribution < 1.29 is 13.6 Å². The van der Waals surface area contributed by atoms with Crippen molar-refractivity contribution in [2.24, 2.45) is 5.84 Å². The van der Waals surface area contributed by atoms with Crippen LogP contribution in [0, 0.1) is 11.6 Å². The number of amides is 1. The van der Waals surface area contributed by atoms with Gasteiger partial charge in [0.2, 0.25) is 0 Å². The lowest BCUT2D eigenvalue weighted by Gasteiger charge is -2.39. The molecule has 2 rings (SSSR count). The molecule has 0 bridgehead atoms. The molecule has 0 aliphatic carbocycles. The second-order valence-electron chi connectivity index (χ2n) is 5.19. The third-order valence-electron chi connectivity index (χ3n) is 3.89. The molecule has 0 radical (unpaired) electrons. The fraction of sp³-hybridized carbons (Fsp3) is 0.500. The lowest BCUT2D eigenvalue weighted by Crippen LogP contribution is -2.53. The third-order valence-corrected chi connectivity index (χ3v) is 3.89. The zero-order chi connectivity index (χ0) is 15.6. The van der Waals surface area contributed by atoms with E-state index < -0.39 is 17.3 Å². The number of carbonyl (C=O) groups is 1. The molecule has 1 saturated heterocycles. The van der Waals surface area contributed by atoms with Crippen LogP contribution in [0.2, 0.25) is 0 Å². The first-order valence-corrected chi connectivity index (χ1v) is 6.96. The summed E-state index contributed by atoms with van der Waals surface area (Å²) in [7, 11) is 0. The van der Waals surface area contributed by atoms with E-state index in [-0.39, 0.29) is 17.5 Å². The van der Waals surface area contributed by atoms with Crippen LogP contribution in [0.25, 0.3) is 0 Å². The summed E-state index contributed by atoms with van der Waals surface area (Å²) in [5.41, 5.74) is 1.51. The topological polar surface area (TPSA) is 61.6 Å². The first-order valence-electron chi connectivity index (χ1n) is 6.96. The number of nitrogens with zero attached hydrogens (tertiary/aromatic N) is 2. The highest BCUT2D eigenvalue weighted by molar-refractivity contribution is 5.94. The number of likely N-dealkylation sites (N-methyl/N-ethyl adjacent to an activating group) is 1. The molecule has 7 heteroatoms. The quantitative estimate of drug-likeness (QED) is 0.654. The summed E-state index contributed by atoms with van der Waals surface area (Å²) < 4.78 is 27.3. The second-order valence-corrected chi connectivity index (χ2v) is 5.19. The minimum absolute atomic E-state index is 0.00106. The van der Waals surface area contributed by atoms with E-state index in [0.717, 1.165) is 25.2 Å². The maximum absolute atomic E-state index is 13.7. The average molecular weight is 298 g/mol. The zero-order valence-electron chi connectivity index (χ0n) is 12.2. The van der Waals surface area contributed by atoms with Crippen LogP contribution in [-0.2, 0) is 0 Å². The van der Waals surface area contributed by atoms with Gasteiger partial charge in [-0.2, -0.15) is 0 Å². The molecule has 116 valence electrons. The molecule has 0 saturated carbocycles. The Balaban J connectivity index is 2.18. The molecule has 1 amide bonds. The summed E-state index contributed by atoms with van der Waals surface area (Å²) in [6.45, 7) is 6.88. The van der Waals surface area contributed by atoms with Gasteiger partial charge in [0, 0.05) is 31.2 Å². The van der Waals surface area contributed by atoms with Crippen molar-refractivity contribution in [2.45, 2.75) is 19.9 Å². The van der Waals surface area contributed by atoms with Crippen LogP contribution < -0.4 is 11.3 Å². The van der Waals surface area contributed by atoms with Crippen LogP contribution in [-0.4, -0.2) is 47.9 Å². The van der Waals surface area contributed by atoms with Crippen molar-refractivity contribution in [1.82, 2.24) is 9.80 Å². The number of hydrogen-bond acceptors (Lipinski definition) is 4. The number of carbonyl (C=O) groups excluding carboxylic acids is 1. The standard InChI is InChI=1S/C14H20F2N4O/c1-3-19-4-5-20(8-9(19)2)14(21)10-6-11(15)13(18-17)12(16)7-10/h6-7,9,18H,3-5,8,17H2,1-2H3. The molecule has 0 aromatic heterocycles. The highest BCUT2D eigenvalue weighted by Gasteiger charge is 2.27. The van der Waals surface area contributed by atoms with Crippen LogP contribution in [0.15, 0.2) is 12.1 Å². The van der Waals surface area contributed by atoms with E-state index in [9.17, 15) is 13.6 Å². The lowest BCUT2D eigenvalue weighted by atomic mass is 10.1. The molecule has 1 unspecified atom stereocenters. The number of nitrogens with one attached hydrogen (secondary N) is 1. The molecule has 3 N–H and O–H groups in total. The Kier molecular flexibility index (Phi) is 4.74. The summed E-state index contributed by atoms with van der Waals surface area (Å²) in [5, 5.41) is 0. The largest absolute Gasteiger partial charge is 0.336 e. The first-order chi connectivity index (χ1) is 9.97. The van der Waals surface area contributed by atoms with Gasteiger partial charge in [-0.15, -0.1) is 0 Å². The van der Waals surface area contributed by atoms with Gasteiger partial charge in [-0.1, -0.05) is 6.92 Å². The fourth-order valence-corrected chi connectivity index (χ4v) is 2.67. The van der Waals surface area contributed by atoms with Crippen LogP contribution in [0.3, 0.4) is 0 Å². The summed E-state index contributed by atoms with van der Waals surface area (Å²) in [5.74, 6) is 2.93. The number of nitrogen functional groups attached to an aromatic ring is 1. The minimum Gasteiger partial charge on any atom is -0.336 e. The molecule has 1 aromatic rings. The van der Waals surface area contributed by atoms with E-state index in [1.165, 1.54) is 0 Å². The summed E-state index contributed by atoms with van der Waals surface area (Å²) in [6.07, 6.45) is 0. The number of nitrogens with two attached hydrogens (primary N) is 1. The van der Waals surface area contributed by atoms with Gasteiger partial charge in [0.25, 0.3) is 5.91 Å². The maximum atomic E-state index is 13.7. The number of hydrogen-bond donors (Lipinski definition) is 2. The summed E-state index contributed by atoms with van der Waals surface area (Å²) in [4.78, 5) is 16.2. The van der Waals surface area contributed by atoms with Crippen molar-refractivity contribution in [3.05, 3.63) is 29.3 Å². The summed E-state index contributed by atoms with van der Waals surface area (Å²) in [6, 6.07) is 2.25. The van der Waals surface area contributed by atoms with Crippen LogP contribution in [0.4, 0.5) is 14.5 Å². The molecular formula is C14H20F2N4O. The molecule has 1 aliphatic heterocycles. The molecule has 1 fully saturated rings. The SMILES string of the molecule is CCN1CCN(C(=O)c2cc(F)c(NN)c(F)c2)CC1C. The Bertz CT molecular complexity index is 515. The predicted molar refractivity (Wildman–Crippen MR) is 76.8 cm³/mol. The van der Waals surface area contributed by atoms with Crippen LogP contribution >= 0.6 is 0 Å². The summed E-state index contributed by atoms with van der Waals surface area (Å²) >= 11 is 0. The number of benzene rings is 1. The molecular weight excluding hydrogens is 278 g/mol. The number of halogens is 2. The number of piperazine rings is 1. The van der Waals surface area contributed by atoms with Gasteiger partial charge in [-0.05, 0) is 25.6 Å². The maximum Gasteiger partial charge on any atom is 0.254 e. The Morgan fingerprint density at radius 3 is 2.48 bits per heavy atom. The number of rotatable bonds is 3. The third kappa shape index (κ3) is 3.14.